The van der Waals surface area contributed by atoms with E-state index < -0.39 is 12.7 Å². The molecule has 27 heavy (non-hydrogen) atoms. The van der Waals surface area contributed by atoms with Crippen molar-refractivity contribution < 1.29 is 19.4 Å². The van der Waals surface area contributed by atoms with Gasteiger partial charge in [-0.15, -0.1) is 0 Å². The molecule has 1 saturated heterocycles. The van der Waals surface area contributed by atoms with Crippen molar-refractivity contribution in [1.82, 2.24) is 14.7 Å². The number of hydrogen-bond acceptors (Lipinski definition) is 5. The maximum absolute atomic E-state index is 12.7. The van der Waals surface area contributed by atoms with Crippen molar-refractivity contribution >= 4 is 17.6 Å². The number of aliphatic hydroxyl groups excluding tert-OH is 1. The average Bonchev–Trinajstić information content (AvgIpc) is 3.17. The second-order valence-electron chi connectivity index (χ2n) is 6.45. The van der Waals surface area contributed by atoms with E-state index >= 15 is 0 Å². The molecule has 2 amide bonds. The lowest BCUT2D eigenvalue weighted by molar-refractivity contribution is -0.135. The predicted octanol–water partition coefficient (Wildman–Crippen LogP) is 1.37. The third-order valence-corrected chi connectivity index (χ3v) is 4.80. The summed E-state index contributed by atoms with van der Waals surface area (Å²) in [6.45, 7) is 0.648. The summed E-state index contributed by atoms with van der Waals surface area (Å²) >= 11 is 0. The molecule has 8 heteroatoms. The van der Waals surface area contributed by atoms with Gasteiger partial charge in [0.25, 0.3) is 5.91 Å². The fraction of sp³-hybridized carbons (Fsp3) is 0.421. The summed E-state index contributed by atoms with van der Waals surface area (Å²) in [5.41, 5.74) is 0.777. The Hall–Kier alpha value is -2.71. The highest BCUT2D eigenvalue weighted by molar-refractivity contribution is 5.94. The molecular formula is C19H24N4O4. The quantitative estimate of drug-likeness (QED) is 0.798. The van der Waals surface area contributed by atoms with Crippen molar-refractivity contribution in [2.75, 3.05) is 32.1 Å². The van der Waals surface area contributed by atoms with Crippen LogP contribution in [0.25, 0.3) is 0 Å². The number of methoxy groups -OCH3 is 1. The lowest BCUT2D eigenvalue weighted by Gasteiger charge is -2.32. The third-order valence-electron chi connectivity index (χ3n) is 4.80. The SMILES string of the molecule is COC(C(=O)Nc1ccnn1C1CCN(C(=O)CO)CC1)c1ccccc1. The van der Waals surface area contributed by atoms with Gasteiger partial charge in [0.1, 0.15) is 12.4 Å². The van der Waals surface area contributed by atoms with Crippen molar-refractivity contribution in [2.45, 2.75) is 25.0 Å². The van der Waals surface area contributed by atoms with Crippen molar-refractivity contribution in [3.63, 3.8) is 0 Å². The maximum atomic E-state index is 12.7. The van der Waals surface area contributed by atoms with E-state index in [2.05, 4.69) is 10.4 Å². The highest BCUT2D eigenvalue weighted by Gasteiger charge is 2.26. The highest BCUT2D eigenvalue weighted by Crippen LogP contribution is 2.26. The van der Waals surface area contributed by atoms with Crippen LogP contribution in [0.1, 0.15) is 30.6 Å². The number of likely N-dealkylation sites (tertiary alicyclic amines) is 1. The number of benzene rings is 1. The van der Waals surface area contributed by atoms with Crippen LogP contribution in [0, 0.1) is 0 Å². The van der Waals surface area contributed by atoms with E-state index in [4.69, 9.17) is 9.84 Å². The lowest BCUT2D eigenvalue weighted by atomic mass is 10.1. The number of piperidine rings is 1. The van der Waals surface area contributed by atoms with Gasteiger partial charge >= 0.3 is 0 Å². The van der Waals surface area contributed by atoms with Crippen molar-refractivity contribution in [1.29, 1.82) is 0 Å². The summed E-state index contributed by atoms with van der Waals surface area (Å²) < 4.78 is 7.16. The molecule has 1 unspecified atom stereocenters. The highest BCUT2D eigenvalue weighted by atomic mass is 16.5. The number of carbonyl (C=O) groups excluding carboxylic acids is 2. The van der Waals surface area contributed by atoms with Gasteiger partial charge in [0.15, 0.2) is 6.10 Å². The van der Waals surface area contributed by atoms with Crippen LogP contribution in [-0.4, -0.2) is 58.4 Å². The number of aromatic nitrogens is 2. The van der Waals surface area contributed by atoms with Gasteiger partial charge in [-0.3, -0.25) is 9.59 Å². The van der Waals surface area contributed by atoms with Crippen LogP contribution < -0.4 is 5.32 Å². The summed E-state index contributed by atoms with van der Waals surface area (Å²) in [5, 5.41) is 16.2. The van der Waals surface area contributed by atoms with E-state index in [1.165, 1.54) is 7.11 Å². The molecule has 144 valence electrons. The molecule has 1 aliphatic heterocycles. The minimum Gasteiger partial charge on any atom is -0.387 e. The van der Waals surface area contributed by atoms with Crippen molar-refractivity contribution in [3.05, 3.63) is 48.2 Å². The van der Waals surface area contributed by atoms with Crippen LogP contribution in [-0.2, 0) is 14.3 Å². The number of hydrogen-bond donors (Lipinski definition) is 2. The Labute approximate surface area is 157 Å². The topological polar surface area (TPSA) is 96.7 Å². The van der Waals surface area contributed by atoms with Gasteiger partial charge < -0.3 is 20.1 Å². The summed E-state index contributed by atoms with van der Waals surface area (Å²) in [7, 11) is 1.50. The monoisotopic (exact) mass is 372 g/mol. The first kappa shape index (κ1) is 19.1. The summed E-state index contributed by atoms with van der Waals surface area (Å²) in [5.74, 6) is 0.0801. The van der Waals surface area contributed by atoms with Gasteiger partial charge in [-0.1, -0.05) is 30.3 Å². The van der Waals surface area contributed by atoms with Crippen LogP contribution in [0.15, 0.2) is 42.6 Å². The van der Waals surface area contributed by atoms with Crippen LogP contribution in [0.4, 0.5) is 5.82 Å². The molecule has 0 bridgehead atoms. The molecule has 0 spiro atoms. The lowest BCUT2D eigenvalue weighted by Crippen LogP contribution is -2.40. The van der Waals surface area contributed by atoms with E-state index in [1.807, 2.05) is 30.3 Å². The largest absolute Gasteiger partial charge is 0.387 e. The molecule has 2 N–H and O–H groups in total. The normalized spacial score (nSPS) is 16.1. The zero-order chi connectivity index (χ0) is 19.2. The molecule has 1 aliphatic rings. The van der Waals surface area contributed by atoms with Gasteiger partial charge in [0.2, 0.25) is 5.91 Å². The molecule has 0 saturated carbocycles. The number of amides is 2. The van der Waals surface area contributed by atoms with Crippen LogP contribution in [0.5, 0.6) is 0 Å². The molecule has 3 rings (SSSR count). The number of nitrogens with zero attached hydrogens (tertiary/aromatic N) is 3. The Kier molecular flexibility index (Phi) is 6.20. The van der Waals surface area contributed by atoms with Crippen molar-refractivity contribution in [3.8, 4) is 0 Å². The van der Waals surface area contributed by atoms with E-state index in [0.29, 0.717) is 31.7 Å². The van der Waals surface area contributed by atoms with Gasteiger partial charge in [0.05, 0.1) is 12.2 Å². The second-order valence-corrected chi connectivity index (χ2v) is 6.45. The Morgan fingerprint density at radius 2 is 1.96 bits per heavy atom. The number of anilines is 1. The first-order valence-electron chi connectivity index (χ1n) is 8.94. The van der Waals surface area contributed by atoms with E-state index in [0.717, 1.165) is 5.56 Å². The average molecular weight is 372 g/mol. The van der Waals surface area contributed by atoms with Crippen LogP contribution in [0.3, 0.4) is 0 Å². The Morgan fingerprint density at radius 1 is 1.26 bits per heavy atom. The standard InChI is InChI=1S/C19H24N4O4/c1-27-18(14-5-3-2-4-6-14)19(26)21-16-7-10-20-23(16)15-8-11-22(12-9-15)17(25)13-24/h2-7,10,15,18,24H,8-9,11-13H2,1H3,(H,21,26). The summed E-state index contributed by atoms with van der Waals surface area (Å²) in [4.78, 5) is 25.9. The smallest absolute Gasteiger partial charge is 0.259 e. The van der Waals surface area contributed by atoms with E-state index in [1.54, 1.807) is 21.8 Å². The molecular weight excluding hydrogens is 348 g/mol. The molecule has 2 heterocycles. The molecule has 8 nitrogen and oxygen atoms in total. The molecule has 1 aromatic carbocycles. The minimum absolute atomic E-state index is 0.0794. The Balaban J connectivity index is 1.67. The molecule has 2 aromatic rings. The van der Waals surface area contributed by atoms with Crippen molar-refractivity contribution in [2.24, 2.45) is 0 Å². The molecule has 1 atom stereocenters. The zero-order valence-corrected chi connectivity index (χ0v) is 15.2. The van der Waals surface area contributed by atoms with E-state index in [-0.39, 0.29) is 17.9 Å². The molecule has 0 radical (unpaired) electrons. The van der Waals surface area contributed by atoms with Gasteiger partial charge in [-0.05, 0) is 18.4 Å². The molecule has 1 fully saturated rings. The summed E-state index contributed by atoms with van der Waals surface area (Å²) in [6, 6.07) is 11.1. The fourth-order valence-electron chi connectivity index (χ4n) is 3.38. The second kappa shape index (κ2) is 8.79. The minimum atomic E-state index is -0.710. The molecule has 0 aliphatic carbocycles. The first-order chi connectivity index (χ1) is 13.1. The zero-order valence-electron chi connectivity index (χ0n) is 15.2. The predicted molar refractivity (Wildman–Crippen MR) is 99.0 cm³/mol. The number of aliphatic hydroxyl groups is 1. The number of ether oxygens (including phenoxy) is 1. The summed E-state index contributed by atoms with van der Waals surface area (Å²) in [6.07, 6.45) is 2.36. The van der Waals surface area contributed by atoms with Crippen LogP contribution in [0.2, 0.25) is 0 Å². The molecule has 1 aromatic heterocycles. The maximum Gasteiger partial charge on any atom is 0.259 e. The number of nitrogens with one attached hydrogen (secondary N) is 1. The van der Waals surface area contributed by atoms with Gasteiger partial charge in [-0.2, -0.15) is 5.10 Å². The van der Waals surface area contributed by atoms with E-state index in [9.17, 15) is 9.59 Å². The Bertz CT molecular complexity index is 769. The fourth-order valence-corrected chi connectivity index (χ4v) is 3.38. The van der Waals surface area contributed by atoms with Crippen LogP contribution >= 0.6 is 0 Å². The van der Waals surface area contributed by atoms with Gasteiger partial charge in [-0.25, -0.2) is 4.68 Å². The third kappa shape index (κ3) is 4.35. The number of carbonyl (C=O) groups is 2. The Morgan fingerprint density at radius 3 is 2.59 bits per heavy atom. The number of rotatable bonds is 6. The first-order valence-corrected chi connectivity index (χ1v) is 8.94. The van der Waals surface area contributed by atoms with Gasteiger partial charge in [0, 0.05) is 26.3 Å².